The SMILES string of the molecule is CC(C)(C)OC(=O)C(CCCCN)NC(=O)C(C)(C)c1cnc(C(Cc2c[nH]c3ccccc23)NC(=O)N2CCN(CCO)CC2)[nH]1. The van der Waals surface area contributed by atoms with Gasteiger partial charge in [0.05, 0.1) is 18.1 Å². The first-order valence-corrected chi connectivity index (χ1v) is 16.5. The summed E-state index contributed by atoms with van der Waals surface area (Å²) in [7, 11) is 0. The number of ether oxygens (including phenoxy) is 1. The summed E-state index contributed by atoms with van der Waals surface area (Å²) in [6.07, 6.45) is 5.83. The number of carbonyl (C=O) groups is 3. The molecule has 47 heavy (non-hydrogen) atoms. The van der Waals surface area contributed by atoms with E-state index in [-0.39, 0.29) is 18.5 Å². The number of fused-ring (bicyclic) bond motifs is 1. The van der Waals surface area contributed by atoms with Gasteiger partial charge in [-0.1, -0.05) is 18.2 Å². The number of para-hydroxylation sites is 1. The minimum atomic E-state index is -1.09. The maximum Gasteiger partial charge on any atom is 0.329 e. The minimum Gasteiger partial charge on any atom is -0.458 e. The Hall–Kier alpha value is -3.94. The molecule has 2 atom stereocenters. The molecule has 3 heterocycles. The molecule has 0 bridgehead atoms. The predicted molar refractivity (Wildman–Crippen MR) is 181 cm³/mol. The van der Waals surface area contributed by atoms with Gasteiger partial charge in [-0.3, -0.25) is 9.69 Å². The highest BCUT2D eigenvalue weighted by Crippen LogP contribution is 2.27. The molecular weight excluding hydrogens is 600 g/mol. The average molecular weight is 653 g/mol. The maximum atomic E-state index is 13.7. The van der Waals surface area contributed by atoms with Gasteiger partial charge < -0.3 is 41.1 Å². The first kappa shape index (κ1) is 35.9. The second-order valence-corrected chi connectivity index (χ2v) is 13.8. The van der Waals surface area contributed by atoms with Gasteiger partial charge in [0.25, 0.3) is 0 Å². The van der Waals surface area contributed by atoms with E-state index in [2.05, 4.69) is 30.5 Å². The Morgan fingerprint density at radius 2 is 1.79 bits per heavy atom. The zero-order chi connectivity index (χ0) is 34.2. The number of aliphatic hydroxyl groups excluding tert-OH is 1. The van der Waals surface area contributed by atoms with Crippen LogP contribution in [0.25, 0.3) is 10.9 Å². The van der Waals surface area contributed by atoms with Crippen LogP contribution in [-0.4, -0.2) is 105 Å². The fourth-order valence-electron chi connectivity index (χ4n) is 5.70. The van der Waals surface area contributed by atoms with E-state index in [1.165, 1.54) is 0 Å². The second kappa shape index (κ2) is 15.8. The number of rotatable bonds is 14. The monoisotopic (exact) mass is 652 g/mol. The van der Waals surface area contributed by atoms with Gasteiger partial charge in [0.1, 0.15) is 17.5 Å². The number of imidazole rings is 1. The molecule has 0 spiro atoms. The molecule has 0 radical (unpaired) electrons. The van der Waals surface area contributed by atoms with Crippen molar-refractivity contribution in [3.63, 3.8) is 0 Å². The van der Waals surface area contributed by atoms with E-state index in [0.29, 0.717) is 70.0 Å². The molecule has 1 saturated heterocycles. The van der Waals surface area contributed by atoms with E-state index in [1.807, 2.05) is 30.5 Å². The number of carbonyl (C=O) groups excluding carboxylic acids is 3. The van der Waals surface area contributed by atoms with Crippen LogP contribution < -0.4 is 16.4 Å². The molecule has 2 aromatic heterocycles. The topological polar surface area (TPSA) is 182 Å². The van der Waals surface area contributed by atoms with Crippen LogP contribution in [0.1, 0.15) is 77.0 Å². The molecule has 13 heteroatoms. The Bertz CT molecular complexity index is 1480. The summed E-state index contributed by atoms with van der Waals surface area (Å²) >= 11 is 0. The van der Waals surface area contributed by atoms with E-state index in [9.17, 15) is 19.5 Å². The van der Waals surface area contributed by atoms with E-state index in [4.69, 9.17) is 10.5 Å². The number of aromatic nitrogens is 3. The van der Waals surface area contributed by atoms with Crippen LogP contribution in [0.3, 0.4) is 0 Å². The maximum absolute atomic E-state index is 13.7. The fourth-order valence-corrected chi connectivity index (χ4v) is 5.70. The van der Waals surface area contributed by atoms with Crippen molar-refractivity contribution in [2.75, 3.05) is 45.9 Å². The number of urea groups is 1. The molecule has 0 saturated carbocycles. The summed E-state index contributed by atoms with van der Waals surface area (Å²) in [6, 6.07) is 6.45. The number of aliphatic hydroxyl groups is 1. The van der Waals surface area contributed by atoms with Gasteiger partial charge in [-0.15, -0.1) is 0 Å². The first-order chi connectivity index (χ1) is 22.3. The van der Waals surface area contributed by atoms with Gasteiger partial charge in [0.2, 0.25) is 5.91 Å². The summed E-state index contributed by atoms with van der Waals surface area (Å²) in [5.74, 6) is -0.318. The number of piperazine rings is 1. The number of nitrogens with zero attached hydrogens (tertiary/aromatic N) is 3. The molecule has 2 unspecified atom stereocenters. The highest BCUT2D eigenvalue weighted by molar-refractivity contribution is 5.91. The van der Waals surface area contributed by atoms with Crippen LogP contribution >= 0.6 is 0 Å². The predicted octanol–water partition coefficient (Wildman–Crippen LogP) is 2.73. The Kier molecular flexibility index (Phi) is 12.0. The molecule has 0 aliphatic carbocycles. The lowest BCUT2D eigenvalue weighted by Crippen LogP contribution is -2.52. The molecule has 3 amide bonds. The lowest BCUT2D eigenvalue weighted by atomic mass is 9.88. The summed E-state index contributed by atoms with van der Waals surface area (Å²) in [4.78, 5) is 55.5. The van der Waals surface area contributed by atoms with Crippen molar-refractivity contribution in [3.05, 3.63) is 53.7 Å². The third-order valence-corrected chi connectivity index (χ3v) is 8.58. The van der Waals surface area contributed by atoms with Gasteiger partial charge in [0.15, 0.2) is 0 Å². The number of β-amino-alcohol motifs (C(OH)–C–C–N with tert-alkyl or cyclic N) is 1. The van der Waals surface area contributed by atoms with Crippen molar-refractivity contribution in [1.29, 1.82) is 0 Å². The number of hydrogen-bond donors (Lipinski definition) is 6. The Morgan fingerprint density at radius 3 is 2.47 bits per heavy atom. The standard InChI is InChI=1S/C34H52N8O5/c1-33(2,3)47-30(44)26(12-8-9-13-35)38-31(45)34(4,5)28-22-37-29(40-28)27(20-23-21-36-25-11-7-6-10-24(23)25)39-32(46)42-16-14-41(15-17-42)18-19-43/h6-7,10-11,21-22,26-27,36,43H,8-9,12-20,35H2,1-5H3,(H,37,40)(H,38,45)(H,39,46). The summed E-state index contributed by atoms with van der Waals surface area (Å²) in [5, 5.41) is 16.4. The Morgan fingerprint density at radius 1 is 1.06 bits per heavy atom. The van der Waals surface area contributed by atoms with Crippen molar-refractivity contribution in [2.45, 2.75) is 83.4 Å². The Labute approximate surface area is 277 Å². The molecule has 7 N–H and O–H groups in total. The number of benzene rings is 1. The number of H-pyrrole nitrogens is 2. The summed E-state index contributed by atoms with van der Waals surface area (Å²) in [6.45, 7) is 12.6. The summed E-state index contributed by atoms with van der Waals surface area (Å²) in [5.41, 5.74) is 6.45. The lowest BCUT2D eigenvalue weighted by molar-refractivity contribution is -0.159. The molecule has 1 aliphatic rings. The summed E-state index contributed by atoms with van der Waals surface area (Å²) < 4.78 is 5.61. The number of nitrogens with two attached hydrogens (primary N) is 1. The van der Waals surface area contributed by atoms with Gasteiger partial charge in [-0.05, 0) is 72.1 Å². The molecule has 3 aromatic rings. The third kappa shape index (κ3) is 9.55. The van der Waals surface area contributed by atoms with Crippen LogP contribution in [-0.2, 0) is 26.2 Å². The highest BCUT2D eigenvalue weighted by atomic mass is 16.6. The van der Waals surface area contributed by atoms with E-state index >= 15 is 0 Å². The zero-order valence-corrected chi connectivity index (χ0v) is 28.4. The average Bonchev–Trinajstić information content (AvgIpc) is 3.68. The van der Waals surface area contributed by atoms with Crippen LogP contribution in [0.2, 0.25) is 0 Å². The van der Waals surface area contributed by atoms with Crippen LogP contribution in [0.4, 0.5) is 4.79 Å². The van der Waals surface area contributed by atoms with Crippen LogP contribution in [0.15, 0.2) is 36.7 Å². The molecular formula is C34H52N8O5. The fraction of sp³-hybridized carbons (Fsp3) is 0.588. The van der Waals surface area contributed by atoms with Gasteiger partial charge >= 0.3 is 12.0 Å². The van der Waals surface area contributed by atoms with E-state index < -0.39 is 29.1 Å². The van der Waals surface area contributed by atoms with E-state index in [1.54, 1.807) is 45.7 Å². The smallest absolute Gasteiger partial charge is 0.329 e. The Balaban J connectivity index is 1.54. The van der Waals surface area contributed by atoms with Gasteiger partial charge in [-0.25, -0.2) is 14.6 Å². The molecule has 1 aromatic carbocycles. The molecule has 1 fully saturated rings. The normalized spacial score (nSPS) is 15.8. The number of esters is 1. The molecule has 1 aliphatic heterocycles. The molecule has 258 valence electrons. The van der Waals surface area contributed by atoms with Gasteiger partial charge in [0, 0.05) is 68.1 Å². The van der Waals surface area contributed by atoms with Crippen molar-refractivity contribution < 1.29 is 24.2 Å². The van der Waals surface area contributed by atoms with Crippen molar-refractivity contribution in [2.24, 2.45) is 5.73 Å². The highest BCUT2D eigenvalue weighted by Gasteiger charge is 2.36. The van der Waals surface area contributed by atoms with Crippen LogP contribution in [0, 0.1) is 0 Å². The lowest BCUT2D eigenvalue weighted by Gasteiger charge is -2.35. The van der Waals surface area contributed by atoms with E-state index in [0.717, 1.165) is 22.9 Å². The number of hydrogen-bond acceptors (Lipinski definition) is 8. The zero-order valence-electron chi connectivity index (χ0n) is 28.4. The van der Waals surface area contributed by atoms with Crippen LogP contribution in [0.5, 0.6) is 0 Å². The third-order valence-electron chi connectivity index (χ3n) is 8.58. The molecule has 4 rings (SSSR count). The number of amides is 3. The second-order valence-electron chi connectivity index (χ2n) is 13.8. The number of aromatic amines is 2. The minimum absolute atomic E-state index is 0.0873. The van der Waals surface area contributed by atoms with Crippen molar-refractivity contribution in [1.82, 2.24) is 35.4 Å². The quantitative estimate of drug-likeness (QED) is 0.114. The van der Waals surface area contributed by atoms with Gasteiger partial charge in [-0.2, -0.15) is 0 Å². The van der Waals surface area contributed by atoms with Crippen molar-refractivity contribution >= 4 is 28.8 Å². The molecule has 13 nitrogen and oxygen atoms in total. The first-order valence-electron chi connectivity index (χ1n) is 16.5. The van der Waals surface area contributed by atoms with Crippen molar-refractivity contribution in [3.8, 4) is 0 Å². The number of unbranched alkanes of at least 4 members (excludes halogenated alkanes) is 1. The number of nitrogens with one attached hydrogen (secondary N) is 4. The largest absolute Gasteiger partial charge is 0.458 e.